The largest absolute Gasteiger partial charge is 0.367 e. The van der Waals surface area contributed by atoms with Crippen LogP contribution in [-0.4, -0.2) is 12.5 Å². The maximum absolute atomic E-state index is 12.6. The van der Waals surface area contributed by atoms with Gasteiger partial charge < -0.3 is 10.2 Å². The molecule has 1 N–H and O–H groups in total. The SMILES string of the molecule is Cc1ccc([C@@H](C)NC(=O)c2ccc(CN3CCc4ccccc43)cc2)cc1. The monoisotopic (exact) mass is 370 g/mol. The summed E-state index contributed by atoms with van der Waals surface area (Å²) in [5, 5.41) is 3.09. The smallest absolute Gasteiger partial charge is 0.251 e. The van der Waals surface area contributed by atoms with Crippen LogP contribution < -0.4 is 10.2 Å². The van der Waals surface area contributed by atoms with Crippen LogP contribution in [0.5, 0.6) is 0 Å². The van der Waals surface area contributed by atoms with Crippen LogP contribution in [0.3, 0.4) is 0 Å². The molecule has 1 amide bonds. The molecule has 0 fully saturated rings. The quantitative estimate of drug-likeness (QED) is 0.682. The molecule has 0 aromatic heterocycles. The van der Waals surface area contributed by atoms with Gasteiger partial charge in [-0.05, 0) is 55.2 Å². The molecule has 142 valence electrons. The molecule has 4 rings (SSSR count). The lowest BCUT2D eigenvalue weighted by Gasteiger charge is -2.19. The standard InChI is InChI=1S/C25H26N2O/c1-18-7-11-21(12-8-18)19(2)26-25(28)23-13-9-20(10-14-23)17-27-16-15-22-5-3-4-6-24(22)27/h3-14,19H,15-17H2,1-2H3,(H,26,28)/t19-/m1/s1. The number of anilines is 1. The summed E-state index contributed by atoms with van der Waals surface area (Å²) in [7, 11) is 0. The van der Waals surface area contributed by atoms with E-state index in [1.165, 1.54) is 22.4 Å². The number of aryl methyl sites for hydroxylation is 1. The van der Waals surface area contributed by atoms with E-state index < -0.39 is 0 Å². The number of carbonyl (C=O) groups excluding carboxylic acids is 1. The Labute approximate surface area is 167 Å². The third-order valence-corrected chi connectivity index (χ3v) is 5.50. The van der Waals surface area contributed by atoms with Crippen molar-refractivity contribution in [2.75, 3.05) is 11.4 Å². The molecule has 1 aliphatic heterocycles. The summed E-state index contributed by atoms with van der Waals surface area (Å²) in [6, 6.07) is 24.8. The van der Waals surface area contributed by atoms with E-state index in [4.69, 9.17) is 0 Å². The third-order valence-electron chi connectivity index (χ3n) is 5.50. The van der Waals surface area contributed by atoms with E-state index in [1.54, 1.807) is 0 Å². The predicted molar refractivity (Wildman–Crippen MR) is 115 cm³/mol. The first kappa shape index (κ1) is 18.3. The summed E-state index contributed by atoms with van der Waals surface area (Å²) in [5.74, 6) is -0.0360. The first-order valence-electron chi connectivity index (χ1n) is 9.89. The zero-order valence-corrected chi connectivity index (χ0v) is 16.5. The fraction of sp³-hybridized carbons (Fsp3) is 0.240. The van der Waals surface area contributed by atoms with Gasteiger partial charge in [-0.15, -0.1) is 0 Å². The molecular formula is C25H26N2O. The molecule has 0 saturated carbocycles. The summed E-state index contributed by atoms with van der Waals surface area (Å²) in [6.45, 7) is 6.01. The second-order valence-electron chi connectivity index (χ2n) is 7.60. The minimum absolute atomic E-state index is 0.0196. The van der Waals surface area contributed by atoms with Crippen molar-refractivity contribution in [3.8, 4) is 0 Å². The van der Waals surface area contributed by atoms with Gasteiger partial charge >= 0.3 is 0 Å². The molecular weight excluding hydrogens is 344 g/mol. The van der Waals surface area contributed by atoms with E-state index in [-0.39, 0.29) is 11.9 Å². The Morgan fingerprint density at radius 3 is 2.46 bits per heavy atom. The molecule has 0 unspecified atom stereocenters. The van der Waals surface area contributed by atoms with Crippen LogP contribution in [0.2, 0.25) is 0 Å². The summed E-state index contributed by atoms with van der Waals surface area (Å²) in [6.07, 6.45) is 1.10. The molecule has 28 heavy (non-hydrogen) atoms. The van der Waals surface area contributed by atoms with Gasteiger partial charge in [0.05, 0.1) is 6.04 Å². The van der Waals surface area contributed by atoms with Crippen molar-refractivity contribution in [3.05, 3.63) is 101 Å². The van der Waals surface area contributed by atoms with E-state index >= 15 is 0 Å². The first-order chi connectivity index (χ1) is 13.6. The van der Waals surface area contributed by atoms with E-state index in [0.717, 1.165) is 25.1 Å². The minimum atomic E-state index is -0.0360. The highest BCUT2D eigenvalue weighted by molar-refractivity contribution is 5.94. The Hall–Kier alpha value is -3.07. The summed E-state index contributed by atoms with van der Waals surface area (Å²) in [5.41, 5.74) is 7.01. The van der Waals surface area contributed by atoms with Crippen LogP contribution in [0.1, 0.15) is 45.6 Å². The molecule has 1 atom stereocenters. The van der Waals surface area contributed by atoms with Crippen molar-refractivity contribution in [1.29, 1.82) is 0 Å². The van der Waals surface area contributed by atoms with E-state index in [2.05, 4.69) is 77.8 Å². The number of nitrogens with one attached hydrogen (secondary N) is 1. The van der Waals surface area contributed by atoms with Gasteiger partial charge in [-0.25, -0.2) is 0 Å². The third kappa shape index (κ3) is 3.94. The van der Waals surface area contributed by atoms with Gasteiger partial charge in [0.15, 0.2) is 0 Å². The van der Waals surface area contributed by atoms with Crippen molar-refractivity contribution < 1.29 is 4.79 Å². The summed E-state index contributed by atoms with van der Waals surface area (Å²) < 4.78 is 0. The van der Waals surface area contributed by atoms with Crippen molar-refractivity contribution >= 4 is 11.6 Å². The maximum Gasteiger partial charge on any atom is 0.251 e. The second kappa shape index (κ2) is 7.89. The maximum atomic E-state index is 12.6. The average molecular weight is 370 g/mol. The van der Waals surface area contributed by atoms with Crippen LogP contribution in [0.4, 0.5) is 5.69 Å². The van der Waals surface area contributed by atoms with Crippen molar-refractivity contribution in [2.45, 2.75) is 32.9 Å². The zero-order chi connectivity index (χ0) is 19.5. The number of hydrogen-bond acceptors (Lipinski definition) is 2. The molecule has 0 aliphatic carbocycles. The molecule has 0 radical (unpaired) electrons. The van der Waals surface area contributed by atoms with Gasteiger partial charge in [0.1, 0.15) is 0 Å². The van der Waals surface area contributed by atoms with Gasteiger partial charge in [-0.2, -0.15) is 0 Å². The van der Waals surface area contributed by atoms with E-state index in [0.29, 0.717) is 5.56 Å². The van der Waals surface area contributed by atoms with Crippen LogP contribution in [0.15, 0.2) is 72.8 Å². The van der Waals surface area contributed by atoms with Crippen LogP contribution >= 0.6 is 0 Å². The fourth-order valence-corrected chi connectivity index (χ4v) is 3.77. The number of fused-ring (bicyclic) bond motifs is 1. The van der Waals surface area contributed by atoms with Crippen molar-refractivity contribution in [1.82, 2.24) is 5.32 Å². The molecule has 1 aliphatic rings. The predicted octanol–water partition coefficient (Wildman–Crippen LogP) is 5.05. The number of benzene rings is 3. The molecule has 3 aromatic rings. The van der Waals surface area contributed by atoms with Gasteiger partial charge in [0, 0.05) is 24.3 Å². The number of hydrogen-bond donors (Lipinski definition) is 1. The molecule has 0 bridgehead atoms. The topological polar surface area (TPSA) is 32.3 Å². The van der Waals surface area contributed by atoms with E-state index in [1.807, 2.05) is 19.1 Å². The molecule has 3 aromatic carbocycles. The Kier molecular flexibility index (Phi) is 5.16. The van der Waals surface area contributed by atoms with Gasteiger partial charge in [-0.1, -0.05) is 60.2 Å². The Morgan fingerprint density at radius 1 is 1.00 bits per heavy atom. The molecule has 0 saturated heterocycles. The second-order valence-corrected chi connectivity index (χ2v) is 7.60. The average Bonchev–Trinajstić information content (AvgIpc) is 3.12. The fourth-order valence-electron chi connectivity index (χ4n) is 3.77. The van der Waals surface area contributed by atoms with Gasteiger partial charge in [0.25, 0.3) is 5.91 Å². The molecule has 3 heteroatoms. The van der Waals surface area contributed by atoms with Crippen LogP contribution in [0.25, 0.3) is 0 Å². The summed E-state index contributed by atoms with van der Waals surface area (Å²) >= 11 is 0. The number of carbonyl (C=O) groups is 1. The van der Waals surface area contributed by atoms with Crippen LogP contribution in [0, 0.1) is 6.92 Å². The highest BCUT2D eigenvalue weighted by Crippen LogP contribution is 2.28. The molecule has 0 spiro atoms. The number of para-hydroxylation sites is 1. The minimum Gasteiger partial charge on any atom is -0.367 e. The van der Waals surface area contributed by atoms with Gasteiger partial charge in [0.2, 0.25) is 0 Å². The number of amides is 1. The first-order valence-corrected chi connectivity index (χ1v) is 9.89. The van der Waals surface area contributed by atoms with Crippen LogP contribution in [-0.2, 0) is 13.0 Å². The normalized spacial score (nSPS) is 13.9. The lowest BCUT2D eigenvalue weighted by atomic mass is 10.1. The Bertz CT molecular complexity index is 961. The van der Waals surface area contributed by atoms with E-state index in [9.17, 15) is 4.79 Å². The number of nitrogens with zero attached hydrogens (tertiary/aromatic N) is 1. The molecule has 3 nitrogen and oxygen atoms in total. The zero-order valence-electron chi connectivity index (χ0n) is 16.5. The lowest BCUT2D eigenvalue weighted by Crippen LogP contribution is -2.26. The highest BCUT2D eigenvalue weighted by Gasteiger charge is 2.18. The number of rotatable bonds is 5. The Balaban J connectivity index is 1.39. The van der Waals surface area contributed by atoms with Crippen molar-refractivity contribution in [2.24, 2.45) is 0 Å². The highest BCUT2D eigenvalue weighted by atomic mass is 16.1. The van der Waals surface area contributed by atoms with Crippen molar-refractivity contribution in [3.63, 3.8) is 0 Å². The molecule has 1 heterocycles. The Morgan fingerprint density at radius 2 is 1.71 bits per heavy atom. The van der Waals surface area contributed by atoms with Gasteiger partial charge in [-0.3, -0.25) is 4.79 Å². The summed E-state index contributed by atoms with van der Waals surface area (Å²) in [4.78, 5) is 15.0. The lowest BCUT2D eigenvalue weighted by molar-refractivity contribution is 0.0940.